The first kappa shape index (κ1) is 20.6. The summed E-state index contributed by atoms with van der Waals surface area (Å²) in [5, 5.41) is 4.71. The third-order valence-electron chi connectivity index (χ3n) is 4.16. The quantitative estimate of drug-likeness (QED) is 0.432. The fourth-order valence-corrected chi connectivity index (χ4v) is 2.77. The smallest absolute Gasteiger partial charge is 0.273 e. The van der Waals surface area contributed by atoms with Crippen molar-refractivity contribution in [2.24, 2.45) is 5.10 Å². The lowest BCUT2D eigenvalue weighted by atomic mass is 10.1. The molecule has 1 unspecified atom stereocenters. The van der Waals surface area contributed by atoms with E-state index in [2.05, 4.69) is 10.5 Å². The number of hydrogen-bond donors (Lipinski definition) is 1. The van der Waals surface area contributed by atoms with E-state index in [-0.39, 0.29) is 5.91 Å². The van der Waals surface area contributed by atoms with Crippen LogP contribution in [0.1, 0.15) is 22.8 Å². The molecule has 0 aliphatic rings. The van der Waals surface area contributed by atoms with Gasteiger partial charge in [-0.3, -0.25) is 4.79 Å². The zero-order valence-electron chi connectivity index (χ0n) is 15.9. The highest BCUT2D eigenvalue weighted by Crippen LogP contribution is 2.17. The minimum absolute atomic E-state index is 0.335. The van der Waals surface area contributed by atoms with Crippen LogP contribution in [-0.2, 0) is 16.1 Å². The van der Waals surface area contributed by atoms with Gasteiger partial charge in [0.05, 0.1) is 6.21 Å². The first-order chi connectivity index (χ1) is 14.2. The number of methoxy groups -OCH3 is 1. The maximum Gasteiger partial charge on any atom is 0.273 e. The number of rotatable bonds is 8. The molecule has 0 aromatic heterocycles. The molecular formula is C23H21ClN2O3. The number of ether oxygens (including phenoxy) is 2. The predicted molar refractivity (Wildman–Crippen MR) is 114 cm³/mol. The molecule has 0 aliphatic carbocycles. The van der Waals surface area contributed by atoms with Crippen molar-refractivity contribution in [2.75, 3.05) is 7.11 Å². The van der Waals surface area contributed by atoms with Gasteiger partial charge >= 0.3 is 0 Å². The van der Waals surface area contributed by atoms with Crippen molar-refractivity contribution in [3.8, 4) is 5.75 Å². The largest absolute Gasteiger partial charge is 0.489 e. The van der Waals surface area contributed by atoms with E-state index in [4.69, 9.17) is 21.1 Å². The molecule has 6 heteroatoms. The monoisotopic (exact) mass is 408 g/mol. The summed E-state index contributed by atoms with van der Waals surface area (Å²) in [4.78, 5) is 12.3. The summed E-state index contributed by atoms with van der Waals surface area (Å²) < 4.78 is 11.0. The van der Waals surface area contributed by atoms with Crippen LogP contribution in [-0.4, -0.2) is 19.2 Å². The number of carbonyl (C=O) groups excluding carboxylic acids is 1. The summed E-state index contributed by atoms with van der Waals surface area (Å²) in [6, 6.07) is 24.2. The lowest BCUT2D eigenvalue weighted by Gasteiger charge is -2.13. The fraction of sp³-hybridized carbons (Fsp3) is 0.130. The van der Waals surface area contributed by atoms with Gasteiger partial charge in [0.15, 0.2) is 6.10 Å². The van der Waals surface area contributed by atoms with Crippen molar-refractivity contribution in [1.29, 1.82) is 0 Å². The van der Waals surface area contributed by atoms with E-state index in [9.17, 15) is 4.79 Å². The summed E-state index contributed by atoms with van der Waals surface area (Å²) in [5.74, 6) is 0.405. The van der Waals surface area contributed by atoms with E-state index in [0.717, 1.165) is 22.4 Å². The van der Waals surface area contributed by atoms with Gasteiger partial charge in [0, 0.05) is 12.1 Å². The Bertz CT molecular complexity index is 942. The Labute approximate surface area is 174 Å². The van der Waals surface area contributed by atoms with Crippen molar-refractivity contribution in [2.45, 2.75) is 12.7 Å². The first-order valence-electron chi connectivity index (χ1n) is 9.03. The molecule has 3 aromatic rings. The Balaban J connectivity index is 1.51. The van der Waals surface area contributed by atoms with Gasteiger partial charge in [-0.1, -0.05) is 54.1 Å². The lowest BCUT2D eigenvalue weighted by molar-refractivity contribution is -0.131. The number of carbonyl (C=O) groups is 1. The third kappa shape index (κ3) is 6.17. The van der Waals surface area contributed by atoms with E-state index < -0.39 is 6.10 Å². The second-order valence-electron chi connectivity index (χ2n) is 6.24. The molecule has 0 saturated carbocycles. The van der Waals surface area contributed by atoms with Crippen molar-refractivity contribution in [3.63, 3.8) is 0 Å². The number of hydrazone groups is 1. The normalized spacial score (nSPS) is 11.9. The summed E-state index contributed by atoms with van der Waals surface area (Å²) >= 11 is 5.88. The highest BCUT2D eigenvalue weighted by molar-refractivity contribution is 6.30. The molecule has 29 heavy (non-hydrogen) atoms. The van der Waals surface area contributed by atoms with E-state index >= 15 is 0 Å². The van der Waals surface area contributed by atoms with Gasteiger partial charge in [0.25, 0.3) is 5.91 Å². The molecule has 0 saturated heterocycles. The highest BCUT2D eigenvalue weighted by Gasteiger charge is 2.18. The van der Waals surface area contributed by atoms with Crippen LogP contribution in [0.5, 0.6) is 5.75 Å². The van der Waals surface area contributed by atoms with Gasteiger partial charge < -0.3 is 9.47 Å². The lowest BCUT2D eigenvalue weighted by Crippen LogP contribution is -2.26. The molecular weight excluding hydrogens is 388 g/mol. The molecule has 148 valence electrons. The Morgan fingerprint density at radius 1 is 1.03 bits per heavy atom. The van der Waals surface area contributed by atoms with Crippen molar-refractivity contribution < 1.29 is 14.3 Å². The summed E-state index contributed by atoms with van der Waals surface area (Å²) in [7, 11) is 1.49. The first-order valence-corrected chi connectivity index (χ1v) is 9.41. The Kier molecular flexibility index (Phi) is 7.39. The van der Waals surface area contributed by atoms with Crippen molar-refractivity contribution in [1.82, 2.24) is 5.43 Å². The zero-order chi connectivity index (χ0) is 20.5. The minimum Gasteiger partial charge on any atom is -0.489 e. The summed E-state index contributed by atoms with van der Waals surface area (Å²) in [6.07, 6.45) is 0.857. The topological polar surface area (TPSA) is 59.9 Å². The van der Waals surface area contributed by atoms with Crippen LogP contribution in [0.4, 0.5) is 0 Å². The van der Waals surface area contributed by atoms with E-state index in [1.165, 1.54) is 7.11 Å². The molecule has 0 fully saturated rings. The SMILES string of the molecule is COC(C(=O)NN=Cc1ccc(OCc2ccc(Cl)cc2)cc1)c1ccccc1. The van der Waals surface area contributed by atoms with E-state index in [0.29, 0.717) is 11.6 Å². The van der Waals surface area contributed by atoms with Gasteiger partial charge in [-0.15, -0.1) is 0 Å². The fourth-order valence-electron chi connectivity index (χ4n) is 2.65. The molecule has 0 spiro atoms. The van der Waals surface area contributed by atoms with Crippen molar-refractivity contribution >= 4 is 23.7 Å². The number of hydrogen-bond acceptors (Lipinski definition) is 4. The Hall–Kier alpha value is -3.15. The second kappa shape index (κ2) is 10.4. The zero-order valence-corrected chi connectivity index (χ0v) is 16.7. The molecule has 1 amide bonds. The highest BCUT2D eigenvalue weighted by atomic mass is 35.5. The molecule has 5 nitrogen and oxygen atoms in total. The van der Waals surface area contributed by atoms with Crippen molar-refractivity contribution in [3.05, 3.63) is 101 Å². The maximum absolute atomic E-state index is 12.3. The van der Waals surface area contributed by atoms with E-state index in [1.807, 2.05) is 78.9 Å². The molecule has 0 aliphatic heterocycles. The van der Waals surface area contributed by atoms with Gasteiger partial charge in [-0.2, -0.15) is 5.10 Å². The van der Waals surface area contributed by atoms with Gasteiger partial charge in [-0.05, 0) is 53.1 Å². The average Bonchev–Trinajstić information content (AvgIpc) is 2.75. The second-order valence-corrected chi connectivity index (χ2v) is 6.68. The molecule has 3 aromatic carbocycles. The number of benzene rings is 3. The number of nitrogens with one attached hydrogen (secondary N) is 1. The van der Waals surface area contributed by atoms with Crippen LogP contribution in [0, 0.1) is 0 Å². The molecule has 3 rings (SSSR count). The molecule has 0 radical (unpaired) electrons. The number of amides is 1. The predicted octanol–water partition coefficient (Wildman–Crippen LogP) is 4.76. The maximum atomic E-state index is 12.3. The van der Waals surface area contributed by atoms with Crippen LogP contribution < -0.4 is 10.2 Å². The van der Waals surface area contributed by atoms with Crippen LogP contribution in [0.2, 0.25) is 5.02 Å². The molecule has 0 bridgehead atoms. The Morgan fingerprint density at radius 3 is 2.38 bits per heavy atom. The standard InChI is InChI=1S/C23H21ClN2O3/c1-28-22(19-5-3-2-4-6-19)23(27)26-25-15-17-9-13-21(14-10-17)29-16-18-7-11-20(24)12-8-18/h2-15,22H,16H2,1H3,(H,26,27). The van der Waals surface area contributed by atoms with Crippen LogP contribution >= 0.6 is 11.6 Å². The van der Waals surface area contributed by atoms with Gasteiger partial charge in [0.2, 0.25) is 0 Å². The Morgan fingerprint density at radius 2 is 1.72 bits per heavy atom. The summed E-state index contributed by atoms with van der Waals surface area (Å²) in [6.45, 7) is 0.457. The van der Waals surface area contributed by atoms with Crippen LogP contribution in [0.3, 0.4) is 0 Å². The number of nitrogens with zero attached hydrogens (tertiary/aromatic N) is 1. The van der Waals surface area contributed by atoms with Crippen LogP contribution in [0.25, 0.3) is 0 Å². The minimum atomic E-state index is -0.711. The third-order valence-corrected chi connectivity index (χ3v) is 4.42. The molecule has 1 atom stereocenters. The molecule has 0 heterocycles. The van der Waals surface area contributed by atoms with Crippen LogP contribution in [0.15, 0.2) is 84.0 Å². The van der Waals surface area contributed by atoms with Gasteiger partial charge in [-0.25, -0.2) is 5.43 Å². The molecule has 1 N–H and O–H groups in total. The number of halogens is 1. The van der Waals surface area contributed by atoms with E-state index in [1.54, 1.807) is 6.21 Å². The summed E-state index contributed by atoms with van der Waals surface area (Å²) in [5.41, 5.74) is 5.15. The average molecular weight is 409 g/mol. The van der Waals surface area contributed by atoms with Gasteiger partial charge in [0.1, 0.15) is 12.4 Å².